The molecule has 0 spiro atoms. The van der Waals surface area contributed by atoms with E-state index in [0.717, 1.165) is 77.0 Å². The summed E-state index contributed by atoms with van der Waals surface area (Å²) >= 11 is 0. The SMILES string of the molecule is CCCCCCCC(=O)OC(=O)CCCCCCC.CCCCCCCC(=O)OC(=O)CCCCCCC. The molecule has 0 aromatic rings. The zero-order chi connectivity index (χ0) is 28.7. The van der Waals surface area contributed by atoms with Crippen molar-refractivity contribution in [3.05, 3.63) is 0 Å². The molecule has 0 radical (unpaired) electrons. The predicted molar refractivity (Wildman–Crippen MR) is 156 cm³/mol. The third-order valence-electron chi connectivity index (χ3n) is 6.39. The standard InChI is InChI=1S/2C16H30O3/c2*1-3-5-7-9-11-13-15(17)19-16(18)14-12-10-8-6-4-2/h2*3-14H2,1-2H3. The monoisotopic (exact) mass is 540 g/mol. The Morgan fingerprint density at radius 2 is 0.500 bits per heavy atom. The molecule has 0 saturated heterocycles. The van der Waals surface area contributed by atoms with E-state index < -0.39 is 0 Å². The first-order valence-electron chi connectivity index (χ1n) is 15.9. The van der Waals surface area contributed by atoms with Crippen LogP contribution in [0.3, 0.4) is 0 Å². The van der Waals surface area contributed by atoms with Gasteiger partial charge in [0.25, 0.3) is 0 Å². The van der Waals surface area contributed by atoms with E-state index in [0.29, 0.717) is 25.7 Å². The van der Waals surface area contributed by atoms with Crippen LogP contribution in [0.2, 0.25) is 0 Å². The maximum atomic E-state index is 11.4. The summed E-state index contributed by atoms with van der Waals surface area (Å²) in [5, 5.41) is 0. The lowest BCUT2D eigenvalue weighted by Gasteiger charge is -2.03. The van der Waals surface area contributed by atoms with E-state index in [9.17, 15) is 19.2 Å². The molecule has 0 bridgehead atoms. The lowest BCUT2D eigenvalue weighted by molar-refractivity contribution is -0.161. The summed E-state index contributed by atoms with van der Waals surface area (Å²) in [7, 11) is 0. The molecule has 0 aromatic carbocycles. The molecule has 0 aromatic heterocycles. The van der Waals surface area contributed by atoms with E-state index in [1.54, 1.807) is 0 Å². The van der Waals surface area contributed by atoms with Crippen molar-refractivity contribution >= 4 is 23.9 Å². The molecule has 0 unspecified atom stereocenters. The highest BCUT2D eigenvalue weighted by molar-refractivity contribution is 5.85. The van der Waals surface area contributed by atoms with Gasteiger partial charge in [-0.3, -0.25) is 19.2 Å². The van der Waals surface area contributed by atoms with Gasteiger partial charge in [-0.05, 0) is 25.7 Å². The summed E-state index contributed by atoms with van der Waals surface area (Å²) in [5.74, 6) is -1.41. The predicted octanol–water partition coefficient (Wildman–Crippen LogP) is 9.55. The highest BCUT2D eigenvalue weighted by Crippen LogP contribution is 2.10. The molecule has 0 amide bonds. The zero-order valence-electron chi connectivity index (χ0n) is 25.4. The molecular weight excluding hydrogens is 480 g/mol. The molecule has 0 aliphatic heterocycles. The zero-order valence-corrected chi connectivity index (χ0v) is 25.4. The van der Waals surface area contributed by atoms with Gasteiger partial charge in [0.15, 0.2) is 0 Å². The van der Waals surface area contributed by atoms with Crippen molar-refractivity contribution in [3.63, 3.8) is 0 Å². The summed E-state index contributed by atoms with van der Waals surface area (Å²) in [6, 6.07) is 0. The first-order chi connectivity index (χ1) is 18.4. The van der Waals surface area contributed by atoms with E-state index in [4.69, 9.17) is 9.47 Å². The average molecular weight is 541 g/mol. The lowest BCUT2D eigenvalue weighted by atomic mass is 10.1. The van der Waals surface area contributed by atoms with Crippen molar-refractivity contribution in [2.75, 3.05) is 0 Å². The van der Waals surface area contributed by atoms with Gasteiger partial charge in [0.2, 0.25) is 0 Å². The molecule has 0 saturated carbocycles. The lowest BCUT2D eigenvalue weighted by Crippen LogP contribution is -2.11. The minimum atomic E-state index is -0.352. The molecule has 0 fully saturated rings. The van der Waals surface area contributed by atoms with Gasteiger partial charge < -0.3 is 9.47 Å². The van der Waals surface area contributed by atoms with Crippen LogP contribution in [0, 0.1) is 0 Å². The Morgan fingerprint density at radius 1 is 0.316 bits per heavy atom. The van der Waals surface area contributed by atoms with Crippen LogP contribution in [0.5, 0.6) is 0 Å². The Labute approximate surface area is 234 Å². The molecule has 6 nitrogen and oxygen atoms in total. The second-order valence-corrected chi connectivity index (χ2v) is 10.3. The largest absolute Gasteiger partial charge is 0.393 e. The maximum absolute atomic E-state index is 11.4. The van der Waals surface area contributed by atoms with E-state index in [1.807, 2.05) is 0 Å². The van der Waals surface area contributed by atoms with Gasteiger partial charge in [-0.15, -0.1) is 0 Å². The number of hydrogen-bond acceptors (Lipinski definition) is 6. The summed E-state index contributed by atoms with van der Waals surface area (Å²) in [4.78, 5) is 45.5. The summed E-state index contributed by atoms with van der Waals surface area (Å²) < 4.78 is 9.57. The highest BCUT2D eigenvalue weighted by Gasteiger charge is 2.10. The fourth-order valence-corrected chi connectivity index (χ4v) is 3.95. The average Bonchev–Trinajstić information content (AvgIpc) is 2.88. The van der Waals surface area contributed by atoms with Crippen molar-refractivity contribution in [1.29, 1.82) is 0 Å². The minimum absolute atomic E-state index is 0.352. The van der Waals surface area contributed by atoms with Gasteiger partial charge >= 0.3 is 23.9 Å². The van der Waals surface area contributed by atoms with Crippen LogP contribution in [0.25, 0.3) is 0 Å². The smallest absolute Gasteiger partial charge is 0.313 e. The van der Waals surface area contributed by atoms with Crippen LogP contribution in [0.1, 0.15) is 182 Å². The molecule has 0 rings (SSSR count). The molecule has 38 heavy (non-hydrogen) atoms. The second-order valence-electron chi connectivity index (χ2n) is 10.3. The molecule has 0 heterocycles. The summed E-state index contributed by atoms with van der Waals surface area (Å²) in [6.45, 7) is 8.64. The number of carbonyl (C=O) groups is 4. The van der Waals surface area contributed by atoms with E-state index >= 15 is 0 Å². The van der Waals surface area contributed by atoms with Crippen molar-refractivity contribution in [2.45, 2.75) is 182 Å². The van der Waals surface area contributed by atoms with Crippen LogP contribution in [-0.4, -0.2) is 23.9 Å². The normalized spacial score (nSPS) is 10.4. The van der Waals surface area contributed by atoms with Gasteiger partial charge in [-0.2, -0.15) is 0 Å². The Kier molecular flexibility index (Phi) is 31.9. The maximum Gasteiger partial charge on any atom is 0.313 e. The highest BCUT2D eigenvalue weighted by atomic mass is 16.6. The van der Waals surface area contributed by atoms with Crippen molar-refractivity contribution in [1.82, 2.24) is 0 Å². The molecule has 224 valence electrons. The van der Waals surface area contributed by atoms with Gasteiger partial charge in [-0.1, -0.05) is 130 Å². The number of unbranched alkanes of at least 4 members (excludes halogenated alkanes) is 16. The van der Waals surface area contributed by atoms with Crippen LogP contribution in [-0.2, 0) is 28.7 Å². The molecule has 0 N–H and O–H groups in total. The first kappa shape index (κ1) is 38.4. The third-order valence-corrected chi connectivity index (χ3v) is 6.39. The van der Waals surface area contributed by atoms with E-state index in [1.165, 1.54) is 51.4 Å². The second kappa shape index (κ2) is 31.5. The van der Waals surface area contributed by atoms with Crippen LogP contribution >= 0.6 is 0 Å². The van der Waals surface area contributed by atoms with Crippen LogP contribution < -0.4 is 0 Å². The number of carbonyl (C=O) groups excluding carboxylic acids is 4. The summed E-state index contributed by atoms with van der Waals surface area (Å²) in [6.07, 6.45) is 23.3. The molecular formula is C32H60O6. The fourth-order valence-electron chi connectivity index (χ4n) is 3.95. The molecule has 0 aliphatic rings. The van der Waals surface area contributed by atoms with Gasteiger partial charge in [-0.25, -0.2) is 0 Å². The minimum Gasteiger partial charge on any atom is -0.393 e. The molecule has 0 atom stereocenters. The molecule has 0 aliphatic carbocycles. The number of esters is 4. The Bertz CT molecular complexity index is 474. The number of rotatable bonds is 24. The Balaban J connectivity index is 0. The number of ether oxygens (including phenoxy) is 2. The van der Waals surface area contributed by atoms with Crippen LogP contribution in [0.4, 0.5) is 0 Å². The van der Waals surface area contributed by atoms with Crippen molar-refractivity contribution in [3.8, 4) is 0 Å². The van der Waals surface area contributed by atoms with Gasteiger partial charge in [0, 0.05) is 25.7 Å². The third kappa shape index (κ3) is 32.3. The van der Waals surface area contributed by atoms with Gasteiger partial charge in [0.05, 0.1) is 0 Å². The number of hydrogen-bond donors (Lipinski definition) is 0. The van der Waals surface area contributed by atoms with Crippen molar-refractivity contribution in [2.24, 2.45) is 0 Å². The summed E-state index contributed by atoms with van der Waals surface area (Å²) in [5.41, 5.74) is 0. The topological polar surface area (TPSA) is 86.7 Å². The Morgan fingerprint density at radius 3 is 0.684 bits per heavy atom. The Hall–Kier alpha value is -1.72. The van der Waals surface area contributed by atoms with E-state index in [-0.39, 0.29) is 23.9 Å². The quantitative estimate of drug-likeness (QED) is 0.0688. The first-order valence-corrected chi connectivity index (χ1v) is 15.9. The fraction of sp³-hybridized carbons (Fsp3) is 0.875. The van der Waals surface area contributed by atoms with Crippen LogP contribution in [0.15, 0.2) is 0 Å². The van der Waals surface area contributed by atoms with Crippen molar-refractivity contribution < 1.29 is 28.7 Å². The molecule has 6 heteroatoms. The van der Waals surface area contributed by atoms with E-state index in [2.05, 4.69) is 27.7 Å². The van der Waals surface area contributed by atoms with Gasteiger partial charge in [0.1, 0.15) is 0 Å².